The Morgan fingerprint density at radius 1 is 1.42 bits per heavy atom. The van der Waals surface area contributed by atoms with Crippen molar-refractivity contribution in [3.05, 3.63) is 24.3 Å². The molecule has 0 spiro atoms. The van der Waals surface area contributed by atoms with Crippen LogP contribution >= 0.6 is 0 Å². The van der Waals surface area contributed by atoms with E-state index >= 15 is 0 Å². The summed E-state index contributed by atoms with van der Waals surface area (Å²) >= 11 is 0. The van der Waals surface area contributed by atoms with Crippen molar-refractivity contribution < 1.29 is 14.3 Å². The van der Waals surface area contributed by atoms with Crippen LogP contribution in [0.3, 0.4) is 0 Å². The van der Waals surface area contributed by atoms with Gasteiger partial charge in [-0.3, -0.25) is 9.59 Å². The Morgan fingerprint density at radius 2 is 2.21 bits per heavy atom. The number of ether oxygens (including phenoxy) is 1. The fourth-order valence-corrected chi connectivity index (χ4v) is 2.60. The monoisotopic (exact) mass is 261 g/mol. The first kappa shape index (κ1) is 11.8. The Morgan fingerprint density at radius 3 is 3.00 bits per heavy atom. The summed E-state index contributed by atoms with van der Waals surface area (Å²) in [7, 11) is 0. The molecule has 6 heteroatoms. The number of fused-ring (bicyclic) bond motifs is 3. The number of carbonyl (C=O) groups is 2. The van der Waals surface area contributed by atoms with Gasteiger partial charge in [-0.1, -0.05) is 12.1 Å². The van der Waals surface area contributed by atoms with E-state index in [1.54, 1.807) is 0 Å². The van der Waals surface area contributed by atoms with Gasteiger partial charge in [0.15, 0.2) is 0 Å². The zero-order valence-corrected chi connectivity index (χ0v) is 10.4. The number of para-hydroxylation sites is 2. The molecule has 3 rings (SSSR count). The first-order chi connectivity index (χ1) is 9.15. The summed E-state index contributed by atoms with van der Waals surface area (Å²) in [6.45, 7) is 1.22. The van der Waals surface area contributed by atoms with Crippen molar-refractivity contribution in [2.24, 2.45) is 5.73 Å². The Bertz CT molecular complexity index is 532. The Balaban J connectivity index is 1.83. The lowest BCUT2D eigenvalue weighted by molar-refractivity contribution is -0.136. The summed E-state index contributed by atoms with van der Waals surface area (Å²) in [6.07, 6.45) is 0. The molecule has 0 radical (unpaired) electrons. The molecule has 0 aliphatic carbocycles. The lowest BCUT2D eigenvalue weighted by atomic mass is 10.1. The quantitative estimate of drug-likeness (QED) is 0.784. The van der Waals surface area contributed by atoms with Crippen LogP contribution in [0.2, 0.25) is 0 Å². The molecule has 0 saturated carbocycles. The lowest BCUT2D eigenvalue weighted by Crippen LogP contribution is -2.60. The number of benzene rings is 1. The number of anilines is 1. The van der Waals surface area contributed by atoms with E-state index in [2.05, 4.69) is 0 Å². The molecular weight excluding hydrogens is 246 g/mol. The highest BCUT2D eigenvalue weighted by atomic mass is 16.5. The minimum atomic E-state index is -0.487. The van der Waals surface area contributed by atoms with E-state index in [1.165, 1.54) is 4.90 Å². The average molecular weight is 261 g/mol. The molecule has 2 amide bonds. The second kappa shape index (κ2) is 4.46. The van der Waals surface area contributed by atoms with Crippen molar-refractivity contribution in [1.29, 1.82) is 0 Å². The van der Waals surface area contributed by atoms with Crippen molar-refractivity contribution in [1.82, 2.24) is 4.90 Å². The third-order valence-corrected chi connectivity index (χ3v) is 3.48. The van der Waals surface area contributed by atoms with E-state index in [9.17, 15) is 9.59 Å². The van der Waals surface area contributed by atoms with Crippen LogP contribution in [0.4, 0.5) is 5.69 Å². The maximum atomic E-state index is 12.0. The SMILES string of the molecule is NC(=O)CN1CC2COc3ccccc3N2CC1=O. The number of rotatable bonds is 2. The van der Waals surface area contributed by atoms with Gasteiger partial charge in [0.1, 0.15) is 12.4 Å². The molecule has 100 valence electrons. The second-order valence-corrected chi connectivity index (χ2v) is 4.80. The maximum absolute atomic E-state index is 12.0. The van der Waals surface area contributed by atoms with Crippen LogP contribution in [0, 0.1) is 0 Å². The number of hydrogen-bond acceptors (Lipinski definition) is 4. The Kier molecular flexibility index (Phi) is 2.77. The van der Waals surface area contributed by atoms with Crippen molar-refractivity contribution in [2.45, 2.75) is 6.04 Å². The van der Waals surface area contributed by atoms with Crippen LogP contribution in [0.5, 0.6) is 5.75 Å². The number of hydrogen-bond donors (Lipinski definition) is 1. The molecule has 19 heavy (non-hydrogen) atoms. The number of nitrogens with zero attached hydrogens (tertiary/aromatic N) is 2. The third kappa shape index (κ3) is 2.09. The third-order valence-electron chi connectivity index (χ3n) is 3.48. The summed E-state index contributed by atoms with van der Waals surface area (Å²) in [5, 5.41) is 0. The number of amides is 2. The highest BCUT2D eigenvalue weighted by molar-refractivity contribution is 5.88. The van der Waals surface area contributed by atoms with E-state index in [1.807, 2.05) is 29.2 Å². The van der Waals surface area contributed by atoms with Crippen molar-refractivity contribution in [2.75, 3.05) is 31.1 Å². The first-order valence-electron chi connectivity index (χ1n) is 6.19. The van der Waals surface area contributed by atoms with Gasteiger partial charge in [-0.05, 0) is 12.1 Å². The van der Waals surface area contributed by atoms with E-state index in [4.69, 9.17) is 10.5 Å². The van der Waals surface area contributed by atoms with Gasteiger partial charge >= 0.3 is 0 Å². The summed E-state index contributed by atoms with van der Waals surface area (Å²) in [4.78, 5) is 26.5. The highest BCUT2D eigenvalue weighted by Crippen LogP contribution is 2.34. The van der Waals surface area contributed by atoms with Crippen LogP contribution in [0.25, 0.3) is 0 Å². The van der Waals surface area contributed by atoms with Crippen LogP contribution in [0.1, 0.15) is 0 Å². The van der Waals surface area contributed by atoms with Crippen LogP contribution in [0.15, 0.2) is 24.3 Å². The van der Waals surface area contributed by atoms with Crippen LogP contribution in [-0.4, -0.2) is 49.0 Å². The predicted molar refractivity (Wildman–Crippen MR) is 68.8 cm³/mol. The van der Waals surface area contributed by atoms with Gasteiger partial charge in [0.25, 0.3) is 0 Å². The zero-order chi connectivity index (χ0) is 13.4. The van der Waals surface area contributed by atoms with Gasteiger partial charge < -0.3 is 20.3 Å². The van der Waals surface area contributed by atoms with E-state index < -0.39 is 5.91 Å². The Hall–Kier alpha value is -2.24. The molecule has 1 unspecified atom stereocenters. The average Bonchev–Trinajstić information content (AvgIpc) is 2.39. The Labute approximate surface area is 110 Å². The topological polar surface area (TPSA) is 75.9 Å². The largest absolute Gasteiger partial charge is 0.489 e. The molecule has 1 fully saturated rings. The number of piperazine rings is 1. The zero-order valence-electron chi connectivity index (χ0n) is 10.4. The highest BCUT2D eigenvalue weighted by Gasteiger charge is 2.36. The van der Waals surface area contributed by atoms with E-state index in [0.29, 0.717) is 13.2 Å². The van der Waals surface area contributed by atoms with Gasteiger partial charge in [-0.2, -0.15) is 0 Å². The number of primary amides is 1. The molecule has 2 heterocycles. The molecule has 6 nitrogen and oxygen atoms in total. The smallest absolute Gasteiger partial charge is 0.242 e. The molecular formula is C13H15N3O3. The van der Waals surface area contributed by atoms with Crippen molar-refractivity contribution in [3.8, 4) is 5.75 Å². The maximum Gasteiger partial charge on any atom is 0.242 e. The minimum Gasteiger partial charge on any atom is -0.489 e. The van der Waals surface area contributed by atoms with Gasteiger partial charge in [0.05, 0.1) is 24.8 Å². The number of carbonyl (C=O) groups excluding carboxylic acids is 2. The molecule has 1 atom stereocenters. The van der Waals surface area contributed by atoms with Gasteiger partial charge in [-0.15, -0.1) is 0 Å². The standard InChI is InChI=1S/C13H15N3O3/c14-12(17)6-15-5-9-8-19-11-4-2-1-3-10(11)16(9)7-13(15)18/h1-4,9H,5-8H2,(H2,14,17). The number of nitrogens with two attached hydrogens (primary N) is 1. The molecule has 2 aliphatic rings. The summed E-state index contributed by atoms with van der Waals surface area (Å²) < 4.78 is 5.69. The molecule has 0 bridgehead atoms. The van der Waals surface area contributed by atoms with Crippen LogP contribution < -0.4 is 15.4 Å². The van der Waals surface area contributed by atoms with Crippen molar-refractivity contribution >= 4 is 17.5 Å². The molecule has 1 aromatic carbocycles. The molecule has 1 aromatic rings. The fourth-order valence-electron chi connectivity index (χ4n) is 2.60. The van der Waals surface area contributed by atoms with Gasteiger partial charge in [-0.25, -0.2) is 0 Å². The summed E-state index contributed by atoms with van der Waals surface area (Å²) in [6, 6.07) is 7.74. The molecule has 2 aliphatic heterocycles. The molecule has 0 aromatic heterocycles. The van der Waals surface area contributed by atoms with E-state index in [-0.39, 0.29) is 25.0 Å². The van der Waals surface area contributed by atoms with Crippen LogP contribution in [-0.2, 0) is 9.59 Å². The predicted octanol–water partition coefficient (Wildman–Crippen LogP) is -0.418. The second-order valence-electron chi connectivity index (χ2n) is 4.80. The summed E-state index contributed by atoms with van der Waals surface area (Å²) in [5.74, 6) is 0.237. The van der Waals surface area contributed by atoms with Crippen molar-refractivity contribution in [3.63, 3.8) is 0 Å². The first-order valence-corrected chi connectivity index (χ1v) is 6.19. The normalized spacial score (nSPS) is 21.5. The van der Waals surface area contributed by atoms with E-state index in [0.717, 1.165) is 11.4 Å². The molecule has 1 saturated heterocycles. The lowest BCUT2D eigenvalue weighted by Gasteiger charge is -2.44. The summed E-state index contributed by atoms with van der Waals surface area (Å²) in [5.41, 5.74) is 6.09. The molecule has 2 N–H and O–H groups in total. The van der Waals surface area contributed by atoms with Gasteiger partial charge in [0, 0.05) is 6.54 Å². The fraction of sp³-hybridized carbons (Fsp3) is 0.385. The minimum absolute atomic E-state index is 0.0230. The van der Waals surface area contributed by atoms with Gasteiger partial charge in [0.2, 0.25) is 11.8 Å².